The van der Waals surface area contributed by atoms with Crippen molar-refractivity contribution in [3.63, 3.8) is 0 Å². The Balaban J connectivity index is 1.45. The number of hydroxylamine groups is 2. The fourth-order valence-corrected chi connectivity index (χ4v) is 7.43. The monoisotopic (exact) mass is 641 g/mol. The number of hydrogen-bond acceptors (Lipinski definition) is 9. The fraction of sp³-hybridized carbons (Fsp3) is 0.636. The lowest BCUT2D eigenvalue weighted by atomic mass is 9.85. The molecular formula is C33H47N5O6S. The summed E-state index contributed by atoms with van der Waals surface area (Å²) in [5.41, 5.74) is 0.394. The Morgan fingerprint density at radius 2 is 1.96 bits per heavy atom. The van der Waals surface area contributed by atoms with Gasteiger partial charge in [0.05, 0.1) is 16.8 Å². The number of carbonyl (C=O) groups is 3. The molecule has 45 heavy (non-hydrogen) atoms. The molecule has 3 aliphatic heterocycles. The van der Waals surface area contributed by atoms with Crippen molar-refractivity contribution in [2.45, 2.75) is 91.1 Å². The van der Waals surface area contributed by atoms with Gasteiger partial charge in [0, 0.05) is 37.9 Å². The average molecular weight is 642 g/mol. The van der Waals surface area contributed by atoms with Gasteiger partial charge in [-0.2, -0.15) is 5.06 Å². The third-order valence-electron chi connectivity index (χ3n) is 8.66. The highest BCUT2D eigenvalue weighted by Crippen LogP contribution is 2.36. The summed E-state index contributed by atoms with van der Waals surface area (Å²) in [6.45, 7) is 13.0. The molecule has 0 aliphatic carbocycles. The first-order chi connectivity index (χ1) is 21.3. The van der Waals surface area contributed by atoms with Gasteiger partial charge in [-0.15, -0.1) is 11.3 Å². The van der Waals surface area contributed by atoms with E-state index in [9.17, 15) is 24.6 Å². The highest BCUT2D eigenvalue weighted by atomic mass is 32.1. The van der Waals surface area contributed by atoms with Crippen molar-refractivity contribution in [2.24, 2.45) is 11.3 Å². The normalized spacial score (nSPS) is 24.9. The third kappa shape index (κ3) is 7.67. The minimum atomic E-state index is -0.876. The van der Waals surface area contributed by atoms with Crippen LogP contribution in [0.2, 0.25) is 0 Å². The predicted molar refractivity (Wildman–Crippen MR) is 173 cm³/mol. The first-order valence-corrected chi connectivity index (χ1v) is 16.9. The van der Waals surface area contributed by atoms with Crippen LogP contribution in [0, 0.1) is 11.3 Å². The number of aliphatic hydroxyl groups excluding tert-OH is 1. The van der Waals surface area contributed by atoms with E-state index in [0.29, 0.717) is 23.4 Å². The number of aromatic nitrogens is 1. The number of likely N-dealkylation sites (tertiary alicyclic amines) is 1. The third-order valence-corrected chi connectivity index (χ3v) is 9.66. The van der Waals surface area contributed by atoms with Gasteiger partial charge in [0.15, 0.2) is 12.3 Å². The highest BCUT2D eigenvalue weighted by molar-refractivity contribution is 7.19. The topological polar surface area (TPSA) is 127 Å². The van der Waals surface area contributed by atoms with E-state index in [4.69, 9.17) is 4.84 Å². The first-order valence-electron chi connectivity index (χ1n) is 16.1. The zero-order valence-electron chi connectivity index (χ0n) is 27.0. The Hall–Kier alpha value is -3.06. The van der Waals surface area contributed by atoms with E-state index in [-0.39, 0.29) is 48.1 Å². The van der Waals surface area contributed by atoms with Crippen LogP contribution in [0.5, 0.6) is 5.75 Å². The highest BCUT2D eigenvalue weighted by Gasteiger charge is 2.54. The molecule has 4 heterocycles. The standard InChI is InChI=1S/C33H47N5O6S/c1-21(2)16-26-32(43)37-25(18-33(3,4)5)31(42)36(22-12-14-35(19-22)13-6-7-15-39)20-29(37)38(44-26)30(41)11-10-28-34-24-17-23(40)8-9-27(24)45-28/h8-11,17,21-22,25-26,29,39-40H,6-7,12-16,18-20H2,1-5H3/b11-10+/t22-,25-,26+,29-/m0/s1. The van der Waals surface area contributed by atoms with Gasteiger partial charge in [0.25, 0.3) is 11.8 Å². The molecule has 3 fully saturated rings. The Morgan fingerprint density at radius 1 is 1.18 bits per heavy atom. The maximum absolute atomic E-state index is 14.3. The van der Waals surface area contributed by atoms with E-state index in [1.165, 1.54) is 22.5 Å². The second-order valence-corrected chi connectivity index (χ2v) is 15.2. The maximum atomic E-state index is 14.3. The van der Waals surface area contributed by atoms with Crippen molar-refractivity contribution in [3.05, 3.63) is 29.3 Å². The lowest BCUT2D eigenvalue weighted by molar-refractivity contribution is -0.275. The molecule has 1 aromatic heterocycles. The molecule has 0 bridgehead atoms. The Morgan fingerprint density at radius 3 is 2.67 bits per heavy atom. The van der Waals surface area contributed by atoms with Crippen molar-refractivity contribution in [1.29, 1.82) is 0 Å². The summed E-state index contributed by atoms with van der Waals surface area (Å²) in [5.74, 6) is -0.474. The van der Waals surface area contributed by atoms with E-state index in [2.05, 4.69) is 30.7 Å². The molecule has 12 heteroatoms. The quantitative estimate of drug-likeness (QED) is 0.296. The Kier molecular flexibility index (Phi) is 10.2. The molecule has 1 aromatic carbocycles. The SMILES string of the molecule is CC(C)C[C@H]1ON(C(=O)/C=C/c2nc3cc(O)ccc3s2)[C@H]2CN([C@H]3CCN(CCCCO)C3)C(=O)[C@H](CC(C)(C)C)N2C1=O. The van der Waals surface area contributed by atoms with Crippen LogP contribution < -0.4 is 0 Å². The van der Waals surface area contributed by atoms with Crippen molar-refractivity contribution in [2.75, 3.05) is 32.8 Å². The lowest BCUT2D eigenvalue weighted by Crippen LogP contribution is -2.74. The van der Waals surface area contributed by atoms with E-state index in [0.717, 1.165) is 43.6 Å². The zero-order valence-corrected chi connectivity index (χ0v) is 27.8. The molecule has 2 aromatic rings. The summed E-state index contributed by atoms with van der Waals surface area (Å²) in [6, 6.07) is 4.22. The van der Waals surface area contributed by atoms with E-state index in [1.54, 1.807) is 29.2 Å². The molecule has 3 aliphatic rings. The molecule has 0 unspecified atom stereocenters. The minimum Gasteiger partial charge on any atom is -0.508 e. The summed E-state index contributed by atoms with van der Waals surface area (Å²) in [6.07, 6.45) is 4.73. The van der Waals surface area contributed by atoms with Gasteiger partial charge in [0.1, 0.15) is 16.8 Å². The fourth-order valence-electron chi connectivity index (χ4n) is 6.58. The van der Waals surface area contributed by atoms with E-state index >= 15 is 0 Å². The number of nitrogens with zero attached hydrogens (tertiary/aromatic N) is 5. The molecule has 0 saturated carbocycles. The van der Waals surface area contributed by atoms with Crippen LogP contribution in [0.3, 0.4) is 0 Å². The van der Waals surface area contributed by atoms with Gasteiger partial charge in [0.2, 0.25) is 5.91 Å². The van der Waals surface area contributed by atoms with Gasteiger partial charge in [-0.25, -0.2) is 4.98 Å². The number of amides is 3. The van der Waals surface area contributed by atoms with Crippen molar-refractivity contribution >= 4 is 45.4 Å². The Bertz CT molecular complexity index is 1420. The number of aliphatic hydroxyl groups is 1. The number of unbranched alkanes of at least 4 members (excludes halogenated alkanes) is 1. The van der Waals surface area contributed by atoms with Gasteiger partial charge < -0.3 is 24.9 Å². The lowest BCUT2D eigenvalue weighted by Gasteiger charge is -2.54. The van der Waals surface area contributed by atoms with Gasteiger partial charge in [-0.3, -0.25) is 19.2 Å². The summed E-state index contributed by atoms with van der Waals surface area (Å²) in [4.78, 5) is 58.9. The van der Waals surface area contributed by atoms with Gasteiger partial charge in [-0.05, 0) is 68.2 Å². The van der Waals surface area contributed by atoms with Crippen LogP contribution in [-0.2, 0) is 19.2 Å². The number of carbonyl (C=O) groups excluding carboxylic acids is 3. The Labute approximate surface area is 269 Å². The summed E-state index contributed by atoms with van der Waals surface area (Å²) < 4.78 is 0.885. The predicted octanol–water partition coefficient (Wildman–Crippen LogP) is 3.85. The second-order valence-electron chi connectivity index (χ2n) is 14.1. The van der Waals surface area contributed by atoms with Crippen LogP contribution in [0.15, 0.2) is 24.3 Å². The average Bonchev–Trinajstić information content (AvgIpc) is 3.60. The maximum Gasteiger partial charge on any atom is 0.272 e. The van der Waals surface area contributed by atoms with Crippen molar-refractivity contribution < 1.29 is 29.4 Å². The molecule has 246 valence electrons. The first kappa shape index (κ1) is 33.3. The molecular weight excluding hydrogens is 594 g/mol. The number of hydrogen-bond donors (Lipinski definition) is 2. The number of thiazole rings is 1. The molecule has 4 atom stereocenters. The number of rotatable bonds is 10. The van der Waals surface area contributed by atoms with Gasteiger partial charge >= 0.3 is 0 Å². The van der Waals surface area contributed by atoms with Crippen LogP contribution in [0.1, 0.15) is 71.7 Å². The van der Waals surface area contributed by atoms with Crippen LogP contribution >= 0.6 is 11.3 Å². The molecule has 3 saturated heterocycles. The number of aromatic hydroxyl groups is 1. The number of phenols is 1. The summed E-state index contributed by atoms with van der Waals surface area (Å²) in [5, 5.41) is 20.9. The molecule has 0 radical (unpaired) electrons. The van der Waals surface area contributed by atoms with E-state index in [1.807, 2.05) is 18.7 Å². The van der Waals surface area contributed by atoms with Crippen LogP contribution in [-0.4, -0.2) is 110 Å². The van der Waals surface area contributed by atoms with Crippen molar-refractivity contribution in [3.8, 4) is 5.75 Å². The van der Waals surface area contributed by atoms with Crippen LogP contribution in [0.25, 0.3) is 16.3 Å². The number of benzene rings is 1. The van der Waals surface area contributed by atoms with Crippen molar-refractivity contribution in [1.82, 2.24) is 24.7 Å². The smallest absolute Gasteiger partial charge is 0.272 e. The molecule has 3 amide bonds. The molecule has 2 N–H and O–H groups in total. The minimum absolute atomic E-state index is 0.0357. The zero-order chi connectivity index (χ0) is 32.5. The number of piperazine rings is 1. The van der Waals surface area contributed by atoms with Crippen LogP contribution in [0.4, 0.5) is 0 Å². The number of phenolic OH excluding ortho intramolecular Hbond substituents is 1. The largest absolute Gasteiger partial charge is 0.508 e. The van der Waals surface area contributed by atoms with Gasteiger partial charge in [-0.1, -0.05) is 34.6 Å². The number of fused-ring (bicyclic) bond motifs is 2. The summed E-state index contributed by atoms with van der Waals surface area (Å²) >= 11 is 1.40. The summed E-state index contributed by atoms with van der Waals surface area (Å²) in [7, 11) is 0. The molecule has 11 nitrogen and oxygen atoms in total. The van der Waals surface area contributed by atoms with E-state index < -0.39 is 24.2 Å². The molecule has 0 spiro atoms. The molecule has 5 rings (SSSR count). The second kappa shape index (κ2) is 13.7.